The first-order valence-corrected chi connectivity index (χ1v) is 5.98. The van der Waals surface area contributed by atoms with E-state index in [4.69, 9.17) is 0 Å². The van der Waals surface area contributed by atoms with Crippen molar-refractivity contribution in [2.24, 2.45) is 0 Å². The molecule has 2 N–H and O–H groups in total. The van der Waals surface area contributed by atoms with Crippen molar-refractivity contribution in [3.63, 3.8) is 0 Å². The fraction of sp³-hybridized carbons (Fsp3) is 0.154. The van der Waals surface area contributed by atoms with Gasteiger partial charge in [0.1, 0.15) is 5.75 Å². The number of aromatic nitrogens is 2. The van der Waals surface area contributed by atoms with Gasteiger partial charge in [0, 0.05) is 6.07 Å². The van der Waals surface area contributed by atoms with Gasteiger partial charge in [-0.05, 0) is 26.0 Å². The lowest BCUT2D eigenvalue weighted by Gasteiger charge is -2.08. The van der Waals surface area contributed by atoms with Crippen molar-refractivity contribution in [3.8, 4) is 5.75 Å². The van der Waals surface area contributed by atoms with Gasteiger partial charge in [-0.25, -0.2) is 0 Å². The molecule has 2 rings (SSSR count). The van der Waals surface area contributed by atoms with Crippen LogP contribution in [0.4, 0.5) is 11.4 Å². The second kappa shape index (κ2) is 5.53. The minimum Gasteiger partial charge on any atom is -0.506 e. The van der Waals surface area contributed by atoms with Crippen LogP contribution in [0.3, 0.4) is 0 Å². The molecule has 8 heteroatoms. The molecule has 1 heterocycles. The third-order valence-electron chi connectivity index (χ3n) is 2.79. The molecule has 8 nitrogen and oxygen atoms in total. The van der Waals surface area contributed by atoms with Crippen molar-refractivity contribution in [2.75, 3.05) is 5.32 Å². The minimum absolute atomic E-state index is 0.0828. The molecule has 0 aliphatic rings. The topological polar surface area (TPSA) is 118 Å². The Kier molecular flexibility index (Phi) is 3.79. The van der Waals surface area contributed by atoms with Gasteiger partial charge in [0.15, 0.2) is 0 Å². The molecule has 0 atom stereocenters. The molecule has 0 aliphatic carbocycles. The van der Waals surface area contributed by atoms with E-state index in [9.17, 15) is 20.0 Å². The maximum absolute atomic E-state index is 12.1. The fourth-order valence-electron chi connectivity index (χ4n) is 1.71. The lowest BCUT2D eigenvalue weighted by atomic mass is 10.1. The van der Waals surface area contributed by atoms with Gasteiger partial charge < -0.3 is 10.4 Å². The molecule has 0 fully saturated rings. The van der Waals surface area contributed by atoms with E-state index in [1.165, 1.54) is 12.1 Å². The van der Waals surface area contributed by atoms with E-state index >= 15 is 0 Å². The number of non-ortho nitro benzene ring substituents is 1. The first-order chi connectivity index (χ1) is 9.88. The molecule has 0 radical (unpaired) electrons. The van der Waals surface area contributed by atoms with Gasteiger partial charge in [0.05, 0.1) is 33.6 Å². The standard InChI is InChI=1S/C13H12N4O4/c1-7-5-10(8(2)16-15-7)13(19)14-11-4-3-9(17(20)21)6-12(11)18/h3-6,18H,1-2H3,(H,14,19). The Morgan fingerprint density at radius 2 is 2.00 bits per heavy atom. The van der Waals surface area contributed by atoms with E-state index in [0.717, 1.165) is 6.07 Å². The van der Waals surface area contributed by atoms with Crippen molar-refractivity contribution >= 4 is 17.3 Å². The number of aromatic hydroxyl groups is 1. The number of carbonyl (C=O) groups is 1. The van der Waals surface area contributed by atoms with Crippen LogP contribution in [-0.2, 0) is 0 Å². The summed E-state index contributed by atoms with van der Waals surface area (Å²) in [6, 6.07) is 5.00. The maximum Gasteiger partial charge on any atom is 0.273 e. The Hall–Kier alpha value is -3.03. The number of anilines is 1. The highest BCUT2D eigenvalue weighted by atomic mass is 16.6. The van der Waals surface area contributed by atoms with Crippen LogP contribution in [0.5, 0.6) is 5.75 Å². The number of phenols is 1. The van der Waals surface area contributed by atoms with Crippen LogP contribution in [0.2, 0.25) is 0 Å². The SMILES string of the molecule is Cc1cc(C(=O)Nc2ccc([N+](=O)[O-])cc2O)c(C)nn1. The Morgan fingerprint density at radius 3 is 2.62 bits per heavy atom. The van der Waals surface area contributed by atoms with Crippen molar-refractivity contribution < 1.29 is 14.8 Å². The normalized spacial score (nSPS) is 10.2. The predicted molar refractivity (Wildman–Crippen MR) is 74.2 cm³/mol. The lowest BCUT2D eigenvalue weighted by Crippen LogP contribution is -2.15. The largest absolute Gasteiger partial charge is 0.506 e. The number of aryl methyl sites for hydroxylation is 2. The second-order valence-corrected chi connectivity index (χ2v) is 4.40. The van der Waals surface area contributed by atoms with Gasteiger partial charge >= 0.3 is 0 Å². The van der Waals surface area contributed by atoms with E-state index in [0.29, 0.717) is 17.0 Å². The lowest BCUT2D eigenvalue weighted by molar-refractivity contribution is -0.384. The summed E-state index contributed by atoms with van der Waals surface area (Å²) < 4.78 is 0. The molecule has 0 spiro atoms. The molecule has 21 heavy (non-hydrogen) atoms. The number of hydrogen-bond acceptors (Lipinski definition) is 6. The van der Waals surface area contributed by atoms with Crippen LogP contribution in [-0.4, -0.2) is 26.1 Å². The average molecular weight is 288 g/mol. The summed E-state index contributed by atoms with van der Waals surface area (Å²) in [4.78, 5) is 22.1. The number of amides is 1. The van der Waals surface area contributed by atoms with Gasteiger partial charge in [-0.1, -0.05) is 0 Å². The molecular formula is C13H12N4O4. The van der Waals surface area contributed by atoms with Gasteiger partial charge in [-0.3, -0.25) is 14.9 Å². The highest BCUT2D eigenvalue weighted by Crippen LogP contribution is 2.28. The molecule has 1 aromatic heterocycles. The third kappa shape index (κ3) is 3.11. The van der Waals surface area contributed by atoms with Crippen LogP contribution in [0, 0.1) is 24.0 Å². The zero-order valence-electron chi connectivity index (χ0n) is 11.3. The first kappa shape index (κ1) is 14.4. The van der Waals surface area contributed by atoms with E-state index in [1.54, 1.807) is 19.9 Å². The maximum atomic E-state index is 12.1. The zero-order chi connectivity index (χ0) is 15.6. The molecule has 0 bridgehead atoms. The molecular weight excluding hydrogens is 276 g/mol. The van der Waals surface area contributed by atoms with Crippen molar-refractivity contribution in [3.05, 3.63) is 51.3 Å². The molecule has 1 amide bonds. The van der Waals surface area contributed by atoms with Crippen LogP contribution in [0.25, 0.3) is 0 Å². The van der Waals surface area contributed by atoms with Crippen LogP contribution < -0.4 is 5.32 Å². The Labute approximate surface area is 119 Å². The summed E-state index contributed by atoms with van der Waals surface area (Å²) in [5.41, 5.74) is 1.17. The quantitative estimate of drug-likeness (QED) is 0.506. The highest BCUT2D eigenvalue weighted by molar-refractivity contribution is 6.05. The summed E-state index contributed by atoms with van der Waals surface area (Å²) >= 11 is 0. The fourth-order valence-corrected chi connectivity index (χ4v) is 1.71. The molecule has 0 saturated heterocycles. The number of nitro groups is 1. The number of phenolic OH excluding ortho intramolecular Hbond substituents is 1. The van der Waals surface area contributed by atoms with Crippen molar-refractivity contribution in [1.82, 2.24) is 10.2 Å². The number of nitro benzene ring substituents is 1. The molecule has 0 unspecified atom stereocenters. The summed E-state index contributed by atoms with van der Waals surface area (Å²) in [5, 5.41) is 30.4. The number of nitrogens with one attached hydrogen (secondary N) is 1. The Morgan fingerprint density at radius 1 is 1.29 bits per heavy atom. The minimum atomic E-state index is -0.633. The van der Waals surface area contributed by atoms with Crippen LogP contribution in [0.1, 0.15) is 21.7 Å². The van der Waals surface area contributed by atoms with Crippen molar-refractivity contribution in [1.29, 1.82) is 0 Å². The van der Waals surface area contributed by atoms with Crippen LogP contribution >= 0.6 is 0 Å². The first-order valence-electron chi connectivity index (χ1n) is 5.98. The smallest absolute Gasteiger partial charge is 0.273 e. The van der Waals surface area contributed by atoms with E-state index in [1.807, 2.05) is 0 Å². The van der Waals surface area contributed by atoms with Gasteiger partial charge in [-0.15, -0.1) is 0 Å². The number of hydrogen-bond donors (Lipinski definition) is 2. The average Bonchev–Trinajstić information content (AvgIpc) is 2.43. The molecule has 0 aliphatic heterocycles. The number of rotatable bonds is 3. The Balaban J connectivity index is 2.27. The van der Waals surface area contributed by atoms with Gasteiger partial charge in [0.25, 0.3) is 11.6 Å². The molecule has 2 aromatic rings. The number of carbonyl (C=O) groups excluding carboxylic acids is 1. The molecule has 1 aromatic carbocycles. The second-order valence-electron chi connectivity index (χ2n) is 4.40. The van der Waals surface area contributed by atoms with E-state index in [2.05, 4.69) is 15.5 Å². The molecule has 0 saturated carbocycles. The predicted octanol–water partition coefficient (Wildman–Crippen LogP) is 1.96. The van der Waals surface area contributed by atoms with Gasteiger partial charge in [-0.2, -0.15) is 10.2 Å². The van der Waals surface area contributed by atoms with Crippen LogP contribution in [0.15, 0.2) is 24.3 Å². The summed E-state index contributed by atoms with van der Waals surface area (Å²) in [6.07, 6.45) is 0. The van der Waals surface area contributed by atoms with Gasteiger partial charge in [0.2, 0.25) is 0 Å². The third-order valence-corrected chi connectivity index (χ3v) is 2.79. The van der Waals surface area contributed by atoms with Crippen molar-refractivity contribution in [2.45, 2.75) is 13.8 Å². The number of benzene rings is 1. The summed E-state index contributed by atoms with van der Waals surface area (Å²) in [6.45, 7) is 3.34. The summed E-state index contributed by atoms with van der Waals surface area (Å²) in [7, 11) is 0. The zero-order valence-corrected chi connectivity index (χ0v) is 11.3. The molecule has 108 valence electrons. The van der Waals surface area contributed by atoms with E-state index < -0.39 is 10.8 Å². The summed E-state index contributed by atoms with van der Waals surface area (Å²) in [5.74, 6) is -0.858. The highest BCUT2D eigenvalue weighted by Gasteiger charge is 2.15. The monoisotopic (exact) mass is 288 g/mol. The number of nitrogens with zero attached hydrogens (tertiary/aromatic N) is 3. The van der Waals surface area contributed by atoms with E-state index in [-0.39, 0.29) is 17.1 Å². The Bertz CT molecular complexity index is 730.